The molecule has 1 saturated carbocycles. The molecule has 2 atom stereocenters. The fourth-order valence-corrected chi connectivity index (χ4v) is 2.44. The van der Waals surface area contributed by atoms with Gasteiger partial charge >= 0.3 is 6.03 Å². The third-order valence-electron chi connectivity index (χ3n) is 3.57. The fraction of sp³-hybridized carbons (Fsp3) is 0.917. The zero-order valence-electron chi connectivity index (χ0n) is 10.5. The monoisotopic (exact) mass is 227 g/mol. The molecule has 0 aromatic heterocycles. The first kappa shape index (κ1) is 13.3. The standard InChI is InChI=1S/C12H25N3O/c1-3-15(4-2)12(16)14-11-8-6-5-7-10(11)9-13/h10-11H,3-9,13H2,1-2H3,(H,14,16). The number of hydrogen-bond donors (Lipinski definition) is 2. The van der Waals surface area contributed by atoms with Crippen LogP contribution in [-0.2, 0) is 0 Å². The maximum Gasteiger partial charge on any atom is 0.317 e. The Hall–Kier alpha value is -0.770. The predicted molar refractivity (Wildman–Crippen MR) is 66.3 cm³/mol. The van der Waals surface area contributed by atoms with E-state index in [9.17, 15) is 4.79 Å². The summed E-state index contributed by atoms with van der Waals surface area (Å²) >= 11 is 0. The topological polar surface area (TPSA) is 58.4 Å². The average Bonchev–Trinajstić information content (AvgIpc) is 2.31. The Balaban J connectivity index is 2.47. The van der Waals surface area contributed by atoms with E-state index in [0.29, 0.717) is 12.5 Å². The van der Waals surface area contributed by atoms with E-state index in [4.69, 9.17) is 5.73 Å². The van der Waals surface area contributed by atoms with E-state index in [0.717, 1.165) is 25.9 Å². The average molecular weight is 227 g/mol. The molecule has 1 fully saturated rings. The Bertz CT molecular complexity index is 216. The van der Waals surface area contributed by atoms with Gasteiger partial charge < -0.3 is 16.0 Å². The van der Waals surface area contributed by atoms with Crippen LogP contribution in [0, 0.1) is 5.92 Å². The van der Waals surface area contributed by atoms with Crippen LogP contribution in [0.15, 0.2) is 0 Å². The molecule has 1 aliphatic carbocycles. The van der Waals surface area contributed by atoms with Crippen LogP contribution in [0.25, 0.3) is 0 Å². The van der Waals surface area contributed by atoms with E-state index < -0.39 is 0 Å². The molecule has 94 valence electrons. The molecule has 16 heavy (non-hydrogen) atoms. The molecule has 3 N–H and O–H groups in total. The molecule has 0 aliphatic heterocycles. The van der Waals surface area contributed by atoms with Crippen molar-refractivity contribution >= 4 is 6.03 Å². The first-order chi connectivity index (χ1) is 7.72. The molecule has 0 spiro atoms. The molecule has 0 bridgehead atoms. The lowest BCUT2D eigenvalue weighted by molar-refractivity contribution is 0.185. The van der Waals surface area contributed by atoms with Gasteiger partial charge in [0.15, 0.2) is 0 Å². The molecule has 0 aromatic rings. The Morgan fingerprint density at radius 1 is 1.31 bits per heavy atom. The van der Waals surface area contributed by atoms with Gasteiger partial charge in [0.1, 0.15) is 0 Å². The molecule has 4 nitrogen and oxygen atoms in total. The highest BCUT2D eigenvalue weighted by molar-refractivity contribution is 5.74. The number of nitrogens with two attached hydrogens (primary N) is 1. The molecule has 1 aliphatic rings. The first-order valence-electron chi connectivity index (χ1n) is 6.48. The number of amides is 2. The first-order valence-corrected chi connectivity index (χ1v) is 6.48. The van der Waals surface area contributed by atoms with Crippen LogP contribution < -0.4 is 11.1 Å². The van der Waals surface area contributed by atoms with Crippen LogP contribution >= 0.6 is 0 Å². The van der Waals surface area contributed by atoms with Crippen molar-refractivity contribution in [1.29, 1.82) is 0 Å². The second-order valence-electron chi connectivity index (χ2n) is 4.51. The van der Waals surface area contributed by atoms with Crippen LogP contribution in [0.1, 0.15) is 39.5 Å². The quantitative estimate of drug-likeness (QED) is 0.765. The maximum atomic E-state index is 11.9. The lowest BCUT2D eigenvalue weighted by atomic mass is 9.84. The van der Waals surface area contributed by atoms with Gasteiger partial charge in [-0.3, -0.25) is 0 Å². The number of carbonyl (C=O) groups excluding carboxylic acids is 1. The van der Waals surface area contributed by atoms with Crippen molar-refractivity contribution in [3.05, 3.63) is 0 Å². The Kier molecular flexibility index (Phi) is 5.60. The van der Waals surface area contributed by atoms with Crippen LogP contribution in [0.3, 0.4) is 0 Å². The SMILES string of the molecule is CCN(CC)C(=O)NC1CCCCC1CN. The van der Waals surface area contributed by atoms with Crippen molar-refractivity contribution in [2.24, 2.45) is 11.7 Å². The summed E-state index contributed by atoms with van der Waals surface area (Å²) in [7, 11) is 0. The number of nitrogens with zero attached hydrogens (tertiary/aromatic N) is 1. The van der Waals surface area contributed by atoms with Crippen molar-refractivity contribution in [2.75, 3.05) is 19.6 Å². The lowest BCUT2D eigenvalue weighted by Gasteiger charge is -2.33. The highest BCUT2D eigenvalue weighted by atomic mass is 16.2. The Labute approximate surface area is 98.6 Å². The molecule has 0 radical (unpaired) electrons. The van der Waals surface area contributed by atoms with E-state index >= 15 is 0 Å². The summed E-state index contributed by atoms with van der Waals surface area (Å²) in [6.07, 6.45) is 4.69. The zero-order chi connectivity index (χ0) is 12.0. The molecule has 0 saturated heterocycles. The highest BCUT2D eigenvalue weighted by Crippen LogP contribution is 2.23. The Morgan fingerprint density at radius 2 is 1.94 bits per heavy atom. The third-order valence-corrected chi connectivity index (χ3v) is 3.57. The van der Waals surface area contributed by atoms with E-state index in [1.807, 2.05) is 18.7 Å². The summed E-state index contributed by atoms with van der Waals surface area (Å²) in [5, 5.41) is 3.13. The van der Waals surface area contributed by atoms with Crippen molar-refractivity contribution in [3.8, 4) is 0 Å². The van der Waals surface area contributed by atoms with Gasteiger partial charge in [0.2, 0.25) is 0 Å². The summed E-state index contributed by atoms with van der Waals surface area (Å²) in [6, 6.07) is 0.349. The van der Waals surface area contributed by atoms with Gasteiger partial charge in [0, 0.05) is 19.1 Å². The molecular formula is C12H25N3O. The minimum Gasteiger partial charge on any atom is -0.335 e. The summed E-state index contributed by atoms with van der Waals surface area (Å²) in [4.78, 5) is 13.7. The van der Waals surface area contributed by atoms with Gasteiger partial charge in [-0.05, 0) is 39.2 Å². The minimum atomic E-state index is 0.0651. The van der Waals surface area contributed by atoms with Crippen LogP contribution in [-0.4, -0.2) is 36.6 Å². The summed E-state index contributed by atoms with van der Waals surface area (Å²) in [5.74, 6) is 0.466. The highest BCUT2D eigenvalue weighted by Gasteiger charge is 2.26. The van der Waals surface area contributed by atoms with Gasteiger partial charge in [-0.25, -0.2) is 4.79 Å². The van der Waals surface area contributed by atoms with Crippen LogP contribution in [0.4, 0.5) is 4.79 Å². The van der Waals surface area contributed by atoms with Crippen LogP contribution in [0.5, 0.6) is 0 Å². The molecule has 4 heteroatoms. The number of rotatable bonds is 4. The largest absolute Gasteiger partial charge is 0.335 e. The molecule has 0 heterocycles. The van der Waals surface area contributed by atoms with E-state index in [-0.39, 0.29) is 12.1 Å². The number of urea groups is 1. The van der Waals surface area contributed by atoms with Gasteiger partial charge in [0.05, 0.1) is 0 Å². The van der Waals surface area contributed by atoms with Gasteiger partial charge in [0.25, 0.3) is 0 Å². The number of carbonyl (C=O) groups is 1. The van der Waals surface area contributed by atoms with E-state index in [1.54, 1.807) is 0 Å². The third kappa shape index (κ3) is 3.37. The fourth-order valence-electron chi connectivity index (χ4n) is 2.44. The summed E-state index contributed by atoms with van der Waals surface area (Å²) in [6.45, 7) is 6.22. The summed E-state index contributed by atoms with van der Waals surface area (Å²) < 4.78 is 0. The van der Waals surface area contributed by atoms with Crippen molar-refractivity contribution in [3.63, 3.8) is 0 Å². The van der Waals surface area contributed by atoms with Crippen LogP contribution in [0.2, 0.25) is 0 Å². The van der Waals surface area contributed by atoms with E-state index in [2.05, 4.69) is 5.32 Å². The maximum absolute atomic E-state index is 11.9. The predicted octanol–water partition coefficient (Wildman–Crippen LogP) is 1.56. The number of hydrogen-bond acceptors (Lipinski definition) is 2. The molecular weight excluding hydrogens is 202 g/mol. The molecule has 1 rings (SSSR count). The molecule has 2 unspecified atom stereocenters. The zero-order valence-corrected chi connectivity index (χ0v) is 10.5. The van der Waals surface area contributed by atoms with Crippen molar-refractivity contribution in [2.45, 2.75) is 45.6 Å². The van der Waals surface area contributed by atoms with Gasteiger partial charge in [-0.1, -0.05) is 12.8 Å². The smallest absolute Gasteiger partial charge is 0.317 e. The molecule has 0 aromatic carbocycles. The van der Waals surface area contributed by atoms with Gasteiger partial charge in [-0.2, -0.15) is 0 Å². The lowest BCUT2D eigenvalue weighted by Crippen LogP contribution is -2.49. The van der Waals surface area contributed by atoms with Crippen molar-refractivity contribution < 1.29 is 4.79 Å². The van der Waals surface area contributed by atoms with E-state index in [1.165, 1.54) is 12.8 Å². The normalized spacial score (nSPS) is 25.2. The van der Waals surface area contributed by atoms with Gasteiger partial charge in [-0.15, -0.1) is 0 Å². The number of nitrogens with one attached hydrogen (secondary N) is 1. The molecule has 2 amide bonds. The Morgan fingerprint density at radius 3 is 2.50 bits per heavy atom. The minimum absolute atomic E-state index is 0.0651. The summed E-state index contributed by atoms with van der Waals surface area (Å²) in [5.41, 5.74) is 5.75. The second kappa shape index (κ2) is 6.74. The van der Waals surface area contributed by atoms with Crippen molar-refractivity contribution in [1.82, 2.24) is 10.2 Å². The second-order valence-corrected chi connectivity index (χ2v) is 4.51.